The van der Waals surface area contributed by atoms with Crippen molar-refractivity contribution in [2.45, 2.75) is 86.3 Å². The van der Waals surface area contributed by atoms with Crippen LogP contribution in [0.1, 0.15) is 52.9 Å². The average molecular weight is 526 g/mol. The summed E-state index contributed by atoms with van der Waals surface area (Å²) in [6.45, 7) is 3.61. The Morgan fingerprint density at radius 3 is 2.29 bits per heavy atom. The first-order chi connectivity index (χ1) is 15.6. The van der Waals surface area contributed by atoms with Crippen molar-refractivity contribution < 1.29 is 45.6 Å². The van der Waals surface area contributed by atoms with E-state index in [-0.39, 0.29) is 23.0 Å². The third kappa shape index (κ3) is 4.21. The van der Waals surface area contributed by atoms with Crippen molar-refractivity contribution in [3.05, 3.63) is 0 Å². The van der Waals surface area contributed by atoms with Crippen LogP contribution in [0.5, 0.6) is 0 Å². The van der Waals surface area contributed by atoms with Crippen molar-refractivity contribution in [2.75, 3.05) is 6.61 Å². The highest BCUT2D eigenvalue weighted by molar-refractivity contribution is 8.01. The van der Waals surface area contributed by atoms with Gasteiger partial charge in [0.25, 0.3) is 0 Å². The first-order valence-corrected chi connectivity index (χ1v) is 13.7. The van der Waals surface area contributed by atoms with Crippen molar-refractivity contribution in [3.63, 3.8) is 0 Å². The molecule has 6 unspecified atom stereocenters. The average Bonchev–Trinajstić information content (AvgIpc) is 3.34. The van der Waals surface area contributed by atoms with Gasteiger partial charge in [-0.15, -0.1) is 11.8 Å². The van der Waals surface area contributed by atoms with E-state index in [9.17, 15) is 31.6 Å². The second-order valence-corrected chi connectivity index (χ2v) is 13.4. The highest BCUT2D eigenvalue weighted by Crippen LogP contribution is 2.61. The zero-order chi connectivity index (χ0) is 25.2. The number of rotatable bonds is 6. The molecule has 4 aliphatic rings. The van der Waals surface area contributed by atoms with Gasteiger partial charge in [-0.2, -0.15) is 17.2 Å². The van der Waals surface area contributed by atoms with Gasteiger partial charge >= 0.3 is 27.3 Å². The molecule has 1 N–H and O–H groups in total. The number of likely N-dealkylation sites (tertiary alicyclic amines) is 1. The summed E-state index contributed by atoms with van der Waals surface area (Å²) in [5, 5.41) is -5.75. The summed E-state index contributed by atoms with van der Waals surface area (Å²) in [5.74, 6) is -4.18. The second-order valence-electron chi connectivity index (χ2n) is 10.4. The predicted octanol–water partition coefficient (Wildman–Crippen LogP) is 2.24. The molecule has 9 nitrogen and oxygen atoms in total. The fourth-order valence-electron chi connectivity index (χ4n) is 5.70. The number of thioether (sulfide) groups is 1. The maximum atomic E-state index is 13.6. The molecule has 0 aromatic heterocycles. The van der Waals surface area contributed by atoms with Gasteiger partial charge in [0.1, 0.15) is 6.10 Å². The van der Waals surface area contributed by atoms with E-state index >= 15 is 0 Å². The maximum Gasteiger partial charge on any atom is 0.402 e. The van der Waals surface area contributed by atoms with Gasteiger partial charge in [0.2, 0.25) is 5.91 Å². The van der Waals surface area contributed by atoms with Crippen molar-refractivity contribution in [1.29, 1.82) is 0 Å². The molecule has 1 saturated carbocycles. The number of alkyl halides is 2. The first kappa shape index (κ1) is 25.6. The quantitative estimate of drug-likeness (QED) is 0.410. The molecule has 0 spiro atoms. The monoisotopic (exact) mass is 525 g/mol. The van der Waals surface area contributed by atoms with Crippen LogP contribution >= 0.6 is 11.8 Å². The van der Waals surface area contributed by atoms with Gasteiger partial charge in [-0.25, -0.2) is 0 Å². The number of carbonyl (C=O) groups excluding carboxylic acids is 3. The molecule has 1 aliphatic carbocycles. The third-order valence-corrected chi connectivity index (χ3v) is 9.81. The number of nitrogens with zero attached hydrogens (tertiary/aromatic N) is 1. The molecular formula is C21H29F2NO8S2. The molecule has 1 amide bonds. The Hall–Kier alpha value is -1.47. The van der Waals surface area contributed by atoms with Gasteiger partial charge in [-0.3, -0.25) is 18.9 Å². The van der Waals surface area contributed by atoms with Crippen LogP contribution in [0.25, 0.3) is 0 Å². The van der Waals surface area contributed by atoms with Crippen molar-refractivity contribution >= 4 is 39.7 Å². The molecule has 3 heterocycles. The predicted molar refractivity (Wildman–Crippen MR) is 116 cm³/mol. The minimum atomic E-state index is -5.78. The first-order valence-electron chi connectivity index (χ1n) is 11.4. The summed E-state index contributed by atoms with van der Waals surface area (Å²) < 4.78 is 68.2. The van der Waals surface area contributed by atoms with Crippen LogP contribution < -0.4 is 0 Å². The highest BCUT2D eigenvalue weighted by atomic mass is 32.2. The smallest absolute Gasteiger partial charge is 0.402 e. The number of hydrogen-bond donors (Lipinski definition) is 1. The summed E-state index contributed by atoms with van der Waals surface area (Å²) in [6.07, 6.45) is 3.48. The summed E-state index contributed by atoms with van der Waals surface area (Å²) in [4.78, 5) is 40.8. The molecule has 0 aromatic rings. The van der Waals surface area contributed by atoms with Crippen LogP contribution in [-0.2, 0) is 34.0 Å². The van der Waals surface area contributed by atoms with Crippen LogP contribution in [0.3, 0.4) is 0 Å². The van der Waals surface area contributed by atoms with E-state index in [0.29, 0.717) is 12.8 Å². The second kappa shape index (κ2) is 8.58. The molecule has 13 heteroatoms. The van der Waals surface area contributed by atoms with Gasteiger partial charge in [0, 0.05) is 10.8 Å². The topological polar surface area (TPSA) is 127 Å². The highest BCUT2D eigenvalue weighted by Gasteiger charge is 2.73. The Labute approximate surface area is 201 Å². The Kier molecular flexibility index (Phi) is 6.46. The van der Waals surface area contributed by atoms with Gasteiger partial charge in [-0.1, -0.05) is 19.3 Å². The van der Waals surface area contributed by atoms with Crippen LogP contribution in [0, 0.1) is 17.8 Å². The van der Waals surface area contributed by atoms with Gasteiger partial charge in [-0.05, 0) is 33.6 Å². The molecule has 3 saturated heterocycles. The van der Waals surface area contributed by atoms with E-state index in [1.54, 1.807) is 4.90 Å². The molecule has 192 valence electrons. The lowest BCUT2D eigenvalue weighted by Crippen LogP contribution is -2.55. The molecule has 4 rings (SSSR count). The van der Waals surface area contributed by atoms with Crippen molar-refractivity contribution in [2.24, 2.45) is 17.8 Å². The normalized spacial score (nSPS) is 33.9. The number of esters is 2. The summed E-state index contributed by atoms with van der Waals surface area (Å²) in [7, 11) is -5.78. The molecule has 4 fully saturated rings. The summed E-state index contributed by atoms with van der Waals surface area (Å²) >= 11 is 1.31. The van der Waals surface area contributed by atoms with Crippen molar-refractivity contribution in [3.8, 4) is 0 Å². The fraction of sp³-hybridized carbons (Fsp3) is 0.857. The van der Waals surface area contributed by atoms with Crippen LogP contribution in [0.4, 0.5) is 8.78 Å². The third-order valence-electron chi connectivity index (χ3n) is 7.17. The maximum absolute atomic E-state index is 13.6. The zero-order valence-corrected chi connectivity index (χ0v) is 20.7. The largest absolute Gasteiger partial charge is 0.459 e. The van der Waals surface area contributed by atoms with E-state index in [1.807, 2.05) is 20.8 Å². The molecule has 3 aliphatic heterocycles. The van der Waals surface area contributed by atoms with E-state index in [0.717, 1.165) is 19.3 Å². The molecule has 0 aromatic carbocycles. The van der Waals surface area contributed by atoms with Crippen LogP contribution in [0.2, 0.25) is 0 Å². The number of hydrogen-bond acceptors (Lipinski definition) is 8. The van der Waals surface area contributed by atoms with Crippen LogP contribution in [-0.4, -0.2) is 75.8 Å². The SMILES string of the molecule is CC(C)(C)N1C(=O)C2C3SC(C(OC(=O)C4CCCCC4)C31)C2C(=O)OCC(F)(F)S(=O)(=O)O. The van der Waals surface area contributed by atoms with E-state index in [2.05, 4.69) is 4.74 Å². The van der Waals surface area contributed by atoms with Gasteiger partial charge in [0.05, 0.1) is 29.0 Å². The molecule has 0 radical (unpaired) electrons. The van der Waals surface area contributed by atoms with Crippen LogP contribution in [0.15, 0.2) is 0 Å². The molecule has 34 heavy (non-hydrogen) atoms. The molecule has 2 bridgehead atoms. The van der Waals surface area contributed by atoms with E-state index in [1.165, 1.54) is 11.8 Å². The van der Waals surface area contributed by atoms with Gasteiger partial charge in [0.15, 0.2) is 6.61 Å². The zero-order valence-electron chi connectivity index (χ0n) is 19.1. The molecular weight excluding hydrogens is 496 g/mol. The number of ether oxygens (including phenoxy) is 2. The Morgan fingerprint density at radius 1 is 1.12 bits per heavy atom. The lowest BCUT2D eigenvalue weighted by atomic mass is 9.78. The Balaban J connectivity index is 1.59. The summed E-state index contributed by atoms with van der Waals surface area (Å²) in [5.41, 5.74) is -0.642. The number of halogens is 2. The van der Waals surface area contributed by atoms with Gasteiger partial charge < -0.3 is 14.4 Å². The molecule has 6 atom stereocenters. The van der Waals surface area contributed by atoms with E-state index in [4.69, 9.17) is 9.29 Å². The Bertz CT molecular complexity index is 976. The minimum Gasteiger partial charge on any atom is -0.459 e. The number of fused-ring (bicyclic) bond motifs is 1. The summed E-state index contributed by atoms with van der Waals surface area (Å²) in [6, 6.07) is -0.455. The fourth-order valence-corrected chi connectivity index (χ4v) is 7.99. The van der Waals surface area contributed by atoms with E-state index < -0.39 is 62.7 Å². The van der Waals surface area contributed by atoms with Crippen molar-refractivity contribution in [1.82, 2.24) is 4.90 Å². The lowest BCUT2D eigenvalue weighted by molar-refractivity contribution is -0.165. The standard InChI is InChI=1S/C21H29F2NO8S2/c1-20(2,3)24-13-14(32-18(26)10-7-5-4-6-8-10)16-12(11(17(24)25)15(13)33-16)19(27)31-9-21(22,23)34(28,29)30/h10-16H,4-9H2,1-3H3,(H,28,29,30). The minimum absolute atomic E-state index is 0.257. The Morgan fingerprint density at radius 2 is 1.74 bits per heavy atom. The lowest BCUT2D eigenvalue weighted by Gasteiger charge is -2.40. The number of carbonyl (C=O) groups is 3. The number of amides is 1.